The lowest BCUT2D eigenvalue weighted by atomic mass is 9.84. The minimum atomic E-state index is -4.52. The van der Waals surface area contributed by atoms with E-state index >= 15 is 0 Å². The molecule has 2 fully saturated rings. The Kier molecular flexibility index (Phi) is 8.79. The van der Waals surface area contributed by atoms with Gasteiger partial charge in [-0.3, -0.25) is 14.6 Å². The molecule has 2 aliphatic heterocycles. The Labute approximate surface area is 250 Å². The third-order valence-electron chi connectivity index (χ3n) is 9.22. The summed E-state index contributed by atoms with van der Waals surface area (Å²) in [5, 5.41) is 6.26. The zero-order valence-electron chi connectivity index (χ0n) is 24.5. The number of carbonyl (C=O) groups is 1. The Morgan fingerprint density at radius 1 is 0.977 bits per heavy atom. The molecule has 2 atom stereocenters. The van der Waals surface area contributed by atoms with Gasteiger partial charge in [0.2, 0.25) is 0 Å². The first-order valence-corrected chi connectivity index (χ1v) is 15.4. The summed E-state index contributed by atoms with van der Waals surface area (Å²) in [5.74, 6) is -0.209. The quantitative estimate of drug-likeness (QED) is 0.366. The van der Waals surface area contributed by atoms with Crippen LogP contribution in [0.15, 0.2) is 55.1 Å². The van der Waals surface area contributed by atoms with E-state index in [1.807, 2.05) is 12.1 Å². The van der Waals surface area contributed by atoms with Crippen molar-refractivity contribution in [1.29, 1.82) is 0 Å². The zero-order chi connectivity index (χ0) is 30.0. The number of carbonyl (C=O) groups excluding carboxylic acids is 1. The molecule has 7 nitrogen and oxygen atoms in total. The average molecular weight is 593 g/mol. The van der Waals surface area contributed by atoms with Gasteiger partial charge in [-0.15, -0.1) is 0 Å². The lowest BCUT2D eigenvalue weighted by Crippen LogP contribution is -2.50. The van der Waals surface area contributed by atoms with Crippen LogP contribution in [0.5, 0.6) is 0 Å². The number of halogens is 3. The molecule has 1 saturated carbocycles. The lowest BCUT2D eigenvalue weighted by Gasteiger charge is -2.40. The Hall–Kier alpha value is -3.34. The maximum Gasteiger partial charge on any atom is 0.416 e. The smallest absolute Gasteiger partial charge is 0.322 e. The number of alkyl halides is 3. The van der Waals surface area contributed by atoms with Gasteiger partial charge in [-0.25, -0.2) is 9.97 Å². The molecule has 1 aliphatic carbocycles. The van der Waals surface area contributed by atoms with Crippen LogP contribution < -0.4 is 10.6 Å². The van der Waals surface area contributed by atoms with E-state index in [1.54, 1.807) is 24.5 Å². The fourth-order valence-electron chi connectivity index (χ4n) is 6.90. The number of fused-ring (bicyclic) bond motifs is 1. The van der Waals surface area contributed by atoms with Gasteiger partial charge in [0.15, 0.2) is 0 Å². The van der Waals surface area contributed by atoms with Gasteiger partial charge in [0.05, 0.1) is 11.6 Å². The maximum absolute atomic E-state index is 13.9. The highest BCUT2D eigenvalue weighted by Crippen LogP contribution is 2.35. The predicted octanol–water partition coefficient (Wildman–Crippen LogP) is 5.99. The molecule has 2 aromatic carbocycles. The molecule has 6 rings (SSSR count). The molecule has 3 heterocycles. The molecular weight excluding hydrogens is 553 g/mol. The topological polar surface area (TPSA) is 73.4 Å². The van der Waals surface area contributed by atoms with E-state index in [0.29, 0.717) is 23.7 Å². The number of benzene rings is 2. The zero-order valence-corrected chi connectivity index (χ0v) is 24.5. The van der Waals surface area contributed by atoms with Crippen molar-refractivity contribution in [2.45, 2.75) is 69.8 Å². The van der Waals surface area contributed by atoms with Crippen LogP contribution in [0.2, 0.25) is 0 Å². The van der Waals surface area contributed by atoms with E-state index in [1.165, 1.54) is 44.5 Å². The third kappa shape index (κ3) is 6.92. The van der Waals surface area contributed by atoms with Crippen molar-refractivity contribution in [2.24, 2.45) is 0 Å². The molecule has 228 valence electrons. The van der Waals surface area contributed by atoms with Crippen LogP contribution in [0.4, 0.5) is 18.9 Å². The van der Waals surface area contributed by atoms with Crippen LogP contribution in [0, 0.1) is 0 Å². The van der Waals surface area contributed by atoms with Gasteiger partial charge in [-0.05, 0) is 65.8 Å². The molecule has 1 aromatic heterocycles. The molecule has 2 N–H and O–H groups in total. The van der Waals surface area contributed by atoms with Crippen molar-refractivity contribution in [3.63, 3.8) is 0 Å². The first-order valence-electron chi connectivity index (χ1n) is 15.4. The number of anilines is 1. The van der Waals surface area contributed by atoms with Gasteiger partial charge in [-0.1, -0.05) is 32.3 Å². The van der Waals surface area contributed by atoms with Crippen LogP contribution in [0.1, 0.15) is 89.2 Å². The number of hydrogen-bond acceptors (Lipinski definition) is 6. The summed E-state index contributed by atoms with van der Waals surface area (Å²) in [6.45, 7) is 6.82. The van der Waals surface area contributed by atoms with Crippen molar-refractivity contribution in [3.05, 3.63) is 88.5 Å². The van der Waals surface area contributed by atoms with Crippen molar-refractivity contribution in [1.82, 2.24) is 25.1 Å². The molecule has 3 aliphatic rings. The van der Waals surface area contributed by atoms with Gasteiger partial charge in [0.1, 0.15) is 6.33 Å². The largest absolute Gasteiger partial charge is 0.416 e. The summed E-state index contributed by atoms with van der Waals surface area (Å²) in [7, 11) is 0. The Bertz CT molecular complexity index is 1420. The number of rotatable bonds is 6. The van der Waals surface area contributed by atoms with Gasteiger partial charge in [0, 0.05) is 74.5 Å². The van der Waals surface area contributed by atoms with Crippen LogP contribution >= 0.6 is 0 Å². The van der Waals surface area contributed by atoms with Crippen LogP contribution in [-0.2, 0) is 12.7 Å². The number of nitrogens with one attached hydrogen (secondary N) is 2. The second kappa shape index (κ2) is 12.7. The molecule has 1 amide bonds. The maximum atomic E-state index is 13.9. The van der Waals surface area contributed by atoms with Crippen molar-refractivity contribution in [2.75, 3.05) is 38.0 Å². The fourth-order valence-corrected chi connectivity index (χ4v) is 6.90. The molecule has 0 spiro atoms. The molecule has 0 radical (unpaired) electrons. The van der Waals surface area contributed by atoms with Crippen LogP contribution in [-0.4, -0.2) is 64.4 Å². The van der Waals surface area contributed by atoms with E-state index in [4.69, 9.17) is 0 Å². The highest BCUT2D eigenvalue weighted by atomic mass is 19.4. The first-order chi connectivity index (χ1) is 20.7. The standard InChI is InChI=1S/C33H39F3N6O/c1-22-17-39-31(25-18-37-21-38-19-25)30-15-24(7-8-29(22)30)32(43)40-27-14-23(13-26(16-27)33(34,35)36)20-41-9-11-42(12-10-41)28-5-3-2-4-6-28/h7-8,13-16,18-19,21-22,28,31,39H,2-6,9-12,17,20H2,1H3,(H,40,43). The molecule has 0 bridgehead atoms. The lowest BCUT2D eigenvalue weighted by molar-refractivity contribution is -0.137. The fraction of sp³-hybridized carbons (Fsp3) is 0.485. The van der Waals surface area contributed by atoms with Gasteiger partial charge < -0.3 is 10.6 Å². The van der Waals surface area contributed by atoms with E-state index in [0.717, 1.165) is 55.5 Å². The van der Waals surface area contributed by atoms with Gasteiger partial charge in [-0.2, -0.15) is 13.2 Å². The predicted molar refractivity (Wildman–Crippen MR) is 160 cm³/mol. The summed E-state index contributed by atoms with van der Waals surface area (Å²) < 4.78 is 41.8. The van der Waals surface area contributed by atoms with E-state index in [2.05, 4.69) is 37.3 Å². The Morgan fingerprint density at radius 2 is 1.72 bits per heavy atom. The third-order valence-corrected chi connectivity index (χ3v) is 9.22. The highest BCUT2D eigenvalue weighted by Gasteiger charge is 2.32. The second-order valence-electron chi connectivity index (χ2n) is 12.2. The monoisotopic (exact) mass is 592 g/mol. The molecular formula is C33H39F3N6O. The SMILES string of the molecule is CC1CNC(c2cncnc2)c2cc(C(=O)Nc3cc(CN4CCN(C5CCCCC5)CC4)cc(C(F)(F)F)c3)ccc21. The summed E-state index contributed by atoms with van der Waals surface area (Å²) in [6, 6.07) is 9.88. The number of aromatic nitrogens is 2. The van der Waals surface area contributed by atoms with Crippen molar-refractivity contribution >= 4 is 11.6 Å². The van der Waals surface area contributed by atoms with Crippen molar-refractivity contribution in [3.8, 4) is 0 Å². The Balaban J connectivity index is 1.19. The number of piperazine rings is 1. The van der Waals surface area contributed by atoms with Gasteiger partial charge >= 0.3 is 6.18 Å². The van der Waals surface area contributed by atoms with E-state index in [-0.39, 0.29) is 17.6 Å². The number of amides is 1. The Morgan fingerprint density at radius 3 is 2.44 bits per heavy atom. The summed E-state index contributed by atoms with van der Waals surface area (Å²) >= 11 is 0. The van der Waals surface area contributed by atoms with E-state index in [9.17, 15) is 18.0 Å². The highest BCUT2D eigenvalue weighted by molar-refractivity contribution is 6.04. The normalized spacial score (nSPS) is 22.2. The summed E-state index contributed by atoms with van der Waals surface area (Å²) in [6.07, 6.45) is 6.83. The van der Waals surface area contributed by atoms with Crippen molar-refractivity contribution < 1.29 is 18.0 Å². The summed E-state index contributed by atoms with van der Waals surface area (Å²) in [4.78, 5) is 26.5. The molecule has 2 unspecified atom stereocenters. The van der Waals surface area contributed by atoms with Crippen LogP contribution in [0.25, 0.3) is 0 Å². The number of hydrogen-bond donors (Lipinski definition) is 2. The van der Waals surface area contributed by atoms with E-state index < -0.39 is 17.6 Å². The molecule has 3 aromatic rings. The minimum Gasteiger partial charge on any atom is -0.322 e. The molecule has 1 saturated heterocycles. The molecule has 43 heavy (non-hydrogen) atoms. The summed E-state index contributed by atoms with van der Waals surface area (Å²) in [5.41, 5.74) is 3.27. The second-order valence-corrected chi connectivity index (χ2v) is 12.2. The molecule has 10 heteroatoms. The van der Waals surface area contributed by atoms with Gasteiger partial charge in [0.25, 0.3) is 5.91 Å². The minimum absolute atomic E-state index is 0.146. The number of nitrogens with zero attached hydrogens (tertiary/aromatic N) is 4. The average Bonchev–Trinajstić information content (AvgIpc) is 3.02. The first kappa shape index (κ1) is 29.7. The van der Waals surface area contributed by atoms with Crippen LogP contribution in [0.3, 0.4) is 0 Å².